The number of ketones is 2. The van der Waals surface area contributed by atoms with Gasteiger partial charge < -0.3 is 30.7 Å². The number of nitrogens with one attached hydrogen (secondary N) is 2. The van der Waals surface area contributed by atoms with Crippen LogP contribution in [-0.2, 0) is 19.1 Å². The van der Waals surface area contributed by atoms with Gasteiger partial charge in [-0.25, -0.2) is 4.79 Å². The number of nitrogens with zero attached hydrogens (tertiary/aromatic N) is 1. The van der Waals surface area contributed by atoms with E-state index in [4.69, 9.17) is 15.2 Å². The zero-order chi connectivity index (χ0) is 20.4. The smallest absolute Gasteiger partial charge is 0.404 e. The van der Waals surface area contributed by atoms with Gasteiger partial charge in [0, 0.05) is 37.4 Å². The van der Waals surface area contributed by atoms with E-state index in [0.717, 1.165) is 5.57 Å². The first-order chi connectivity index (χ1) is 13.2. The highest BCUT2D eigenvalue weighted by atomic mass is 16.6. The number of methoxy groups -OCH3 is 1. The van der Waals surface area contributed by atoms with Crippen molar-refractivity contribution in [1.82, 2.24) is 15.5 Å². The lowest BCUT2D eigenvalue weighted by molar-refractivity contribution is -0.137. The van der Waals surface area contributed by atoms with Crippen LogP contribution in [0.4, 0.5) is 4.79 Å². The van der Waals surface area contributed by atoms with E-state index in [9.17, 15) is 14.4 Å². The molecule has 2 saturated heterocycles. The summed E-state index contributed by atoms with van der Waals surface area (Å²) in [4.78, 5) is 39.8. The van der Waals surface area contributed by atoms with Crippen molar-refractivity contribution in [3.63, 3.8) is 0 Å². The average molecular weight is 388 g/mol. The summed E-state index contributed by atoms with van der Waals surface area (Å²) in [5.74, 6) is -1.13. The lowest BCUT2D eigenvalue weighted by atomic mass is 9.82. The van der Waals surface area contributed by atoms with Gasteiger partial charge in [-0.1, -0.05) is 12.2 Å². The van der Waals surface area contributed by atoms with Crippen LogP contribution in [-0.4, -0.2) is 67.2 Å². The number of Topliss-reactive ketones (excluding diaryl/α,β-unsaturated/α-hetero) is 2. The molecule has 150 valence electrons. The molecule has 9 heteroatoms. The van der Waals surface area contributed by atoms with Gasteiger partial charge in [0.05, 0.1) is 23.4 Å². The van der Waals surface area contributed by atoms with Crippen molar-refractivity contribution in [2.24, 2.45) is 11.7 Å². The molecule has 0 unspecified atom stereocenters. The van der Waals surface area contributed by atoms with Crippen molar-refractivity contribution < 1.29 is 23.9 Å². The molecule has 4 aliphatic rings. The molecule has 0 aromatic rings. The molecule has 0 bridgehead atoms. The van der Waals surface area contributed by atoms with Crippen LogP contribution in [0, 0.1) is 5.92 Å². The molecular formula is C19H24N4O5. The third-order valence-electron chi connectivity index (χ3n) is 5.99. The molecule has 0 aromatic carbocycles. The van der Waals surface area contributed by atoms with Gasteiger partial charge in [0.15, 0.2) is 5.72 Å². The second-order valence-corrected chi connectivity index (χ2v) is 7.73. The zero-order valence-electron chi connectivity index (χ0n) is 16.1. The van der Waals surface area contributed by atoms with Crippen LogP contribution in [0.25, 0.3) is 0 Å². The maximum absolute atomic E-state index is 13.4. The molecule has 0 aromatic heterocycles. The first-order valence-corrected chi connectivity index (χ1v) is 9.17. The summed E-state index contributed by atoms with van der Waals surface area (Å²) in [5, 5.41) is 6.36. The summed E-state index contributed by atoms with van der Waals surface area (Å²) in [7, 11) is 1.54. The number of carbonyl (C=O) groups is 3. The molecule has 3 aliphatic heterocycles. The quantitative estimate of drug-likeness (QED) is 0.317. The van der Waals surface area contributed by atoms with Crippen LogP contribution in [0.2, 0.25) is 0 Å². The van der Waals surface area contributed by atoms with E-state index in [1.54, 1.807) is 14.0 Å². The second-order valence-electron chi connectivity index (χ2n) is 7.73. The summed E-state index contributed by atoms with van der Waals surface area (Å²) < 4.78 is 11.0. The van der Waals surface area contributed by atoms with Gasteiger partial charge >= 0.3 is 6.09 Å². The highest BCUT2D eigenvalue weighted by Crippen LogP contribution is 2.55. The highest BCUT2D eigenvalue weighted by Gasteiger charge is 2.72. The van der Waals surface area contributed by atoms with Crippen LogP contribution in [0.15, 0.2) is 34.7 Å². The number of hydrogen-bond acceptors (Lipinski definition) is 8. The van der Waals surface area contributed by atoms with Crippen molar-refractivity contribution in [2.75, 3.05) is 26.8 Å². The summed E-state index contributed by atoms with van der Waals surface area (Å²) >= 11 is 0. The minimum absolute atomic E-state index is 0.0580. The summed E-state index contributed by atoms with van der Waals surface area (Å²) in [6, 6.07) is 0.109. The number of piperazine rings is 1. The Morgan fingerprint density at radius 3 is 2.75 bits per heavy atom. The Balaban J connectivity index is 1.77. The number of nitrogens with two attached hydrogens (primary N) is 1. The lowest BCUT2D eigenvalue weighted by Crippen LogP contribution is -2.55. The maximum atomic E-state index is 13.4. The van der Waals surface area contributed by atoms with Crippen molar-refractivity contribution in [3.05, 3.63) is 34.7 Å². The molecule has 0 saturated carbocycles. The molecule has 1 aliphatic carbocycles. The third kappa shape index (κ3) is 2.36. The Morgan fingerprint density at radius 1 is 1.43 bits per heavy atom. The molecule has 3 heterocycles. The van der Waals surface area contributed by atoms with Crippen LogP contribution < -0.4 is 16.4 Å². The molecule has 0 radical (unpaired) electrons. The van der Waals surface area contributed by atoms with E-state index in [2.05, 4.69) is 17.2 Å². The number of hydrogen-bond donors (Lipinski definition) is 3. The molecular weight excluding hydrogens is 364 g/mol. The van der Waals surface area contributed by atoms with Gasteiger partial charge in [-0.05, 0) is 13.8 Å². The van der Waals surface area contributed by atoms with E-state index in [1.807, 2.05) is 11.8 Å². The van der Waals surface area contributed by atoms with Gasteiger partial charge in [0.1, 0.15) is 6.61 Å². The molecule has 4 N–H and O–H groups in total. The minimum Gasteiger partial charge on any atom is -0.449 e. The van der Waals surface area contributed by atoms with Gasteiger partial charge in [-0.15, -0.1) is 0 Å². The number of primary amides is 1. The maximum Gasteiger partial charge on any atom is 0.404 e. The summed E-state index contributed by atoms with van der Waals surface area (Å²) in [5.41, 5.74) is 6.32. The number of allylic oxidation sites excluding steroid dienone is 2. The molecule has 4 rings (SSSR count). The van der Waals surface area contributed by atoms with Gasteiger partial charge in [-0.2, -0.15) is 0 Å². The highest BCUT2D eigenvalue weighted by molar-refractivity contribution is 6.25. The number of rotatable bonds is 6. The van der Waals surface area contributed by atoms with Crippen molar-refractivity contribution in [3.8, 4) is 0 Å². The first kappa shape index (κ1) is 18.7. The van der Waals surface area contributed by atoms with E-state index < -0.39 is 17.7 Å². The molecule has 0 spiro atoms. The Hall–Kier alpha value is -2.65. The second kappa shape index (κ2) is 6.18. The van der Waals surface area contributed by atoms with E-state index in [-0.39, 0.29) is 36.0 Å². The van der Waals surface area contributed by atoms with E-state index in [0.29, 0.717) is 29.9 Å². The van der Waals surface area contributed by atoms with Gasteiger partial charge in [-0.3, -0.25) is 9.59 Å². The molecule has 28 heavy (non-hydrogen) atoms. The Labute approximate surface area is 162 Å². The first-order valence-electron chi connectivity index (χ1n) is 9.17. The van der Waals surface area contributed by atoms with Crippen molar-refractivity contribution in [2.45, 2.75) is 31.7 Å². The minimum atomic E-state index is -0.958. The Morgan fingerprint density at radius 2 is 2.14 bits per heavy atom. The molecule has 4 atom stereocenters. The van der Waals surface area contributed by atoms with E-state index in [1.165, 1.54) is 0 Å². The molecule has 1 amide bonds. The monoisotopic (exact) mass is 388 g/mol. The van der Waals surface area contributed by atoms with Crippen LogP contribution in [0.1, 0.15) is 13.8 Å². The number of amides is 1. The SMILES string of the molecule is C=C(C)CNC1=C(C)C(=O)C2=C(C1=O)[C@H](COC(N)=O)[C@]1(OC)[C@@H]3N[C@@H]3CN21. The number of ether oxygens (including phenoxy) is 2. The van der Waals surface area contributed by atoms with Crippen molar-refractivity contribution >= 4 is 17.7 Å². The van der Waals surface area contributed by atoms with Gasteiger partial charge in [0.25, 0.3) is 0 Å². The van der Waals surface area contributed by atoms with Crippen molar-refractivity contribution in [1.29, 1.82) is 0 Å². The van der Waals surface area contributed by atoms with Crippen LogP contribution in [0.5, 0.6) is 0 Å². The molecule has 2 fully saturated rings. The number of carbonyl (C=O) groups excluding carboxylic acids is 3. The fourth-order valence-electron chi connectivity index (χ4n) is 4.74. The van der Waals surface area contributed by atoms with E-state index >= 15 is 0 Å². The lowest BCUT2D eigenvalue weighted by Gasteiger charge is -2.39. The average Bonchev–Trinajstić information content (AvgIpc) is 3.24. The van der Waals surface area contributed by atoms with Crippen LogP contribution in [0.3, 0.4) is 0 Å². The largest absolute Gasteiger partial charge is 0.449 e. The fourth-order valence-corrected chi connectivity index (χ4v) is 4.74. The fraction of sp³-hybridized carbons (Fsp3) is 0.526. The zero-order valence-corrected chi connectivity index (χ0v) is 16.1. The predicted octanol–water partition coefficient (Wildman–Crippen LogP) is -0.444. The summed E-state index contributed by atoms with van der Waals surface area (Å²) in [6.07, 6.45) is -0.938. The number of fused-ring (bicyclic) bond motifs is 4. The predicted molar refractivity (Wildman–Crippen MR) is 98.7 cm³/mol. The normalized spacial score (nSPS) is 33.0. The topological polar surface area (TPSA) is 133 Å². The standard InChI is InChI=1S/C19H24N4O5/c1-8(2)5-21-13-9(3)15(24)14-12(16(13)25)10(7-28-18(20)26)19(27-4)17-11(22-17)6-23(14)19/h10-11,17,21-22H,1,5-7H2,2-4H3,(H2,20,26)/t10-,11+,17+,19-/m0/s1. The summed E-state index contributed by atoms with van der Waals surface area (Å²) in [6.45, 7) is 8.07. The Bertz CT molecular complexity index is 876. The Kier molecular flexibility index (Phi) is 4.13. The third-order valence-corrected chi connectivity index (χ3v) is 5.99. The molecule has 9 nitrogen and oxygen atoms in total. The van der Waals surface area contributed by atoms with Gasteiger partial charge in [0.2, 0.25) is 11.6 Å². The van der Waals surface area contributed by atoms with Crippen LogP contribution >= 0.6 is 0 Å².